The highest BCUT2D eigenvalue weighted by atomic mass is 32.2. The van der Waals surface area contributed by atoms with E-state index in [4.69, 9.17) is 0 Å². The van der Waals surface area contributed by atoms with Crippen LogP contribution < -0.4 is 0 Å². The Hall–Kier alpha value is -1.66. The van der Waals surface area contributed by atoms with Crippen LogP contribution in [0.4, 0.5) is 0 Å². The lowest BCUT2D eigenvalue weighted by atomic mass is 10.3. The summed E-state index contributed by atoms with van der Waals surface area (Å²) in [5, 5.41) is 1.42. The minimum atomic E-state index is -3.37. The van der Waals surface area contributed by atoms with Crippen LogP contribution in [-0.2, 0) is 9.84 Å². The summed E-state index contributed by atoms with van der Waals surface area (Å²) in [6.45, 7) is 2.71. The Morgan fingerprint density at radius 2 is 2.00 bits per heavy atom. The lowest BCUT2D eigenvalue weighted by molar-refractivity contribution is 0.0798. The first-order valence-electron chi connectivity index (χ1n) is 7.12. The fourth-order valence-electron chi connectivity index (χ4n) is 2.67. The first-order chi connectivity index (χ1) is 10.5. The minimum absolute atomic E-state index is 0.0659. The Kier molecular flexibility index (Phi) is 4.06. The van der Waals surface area contributed by atoms with Crippen molar-refractivity contribution < 1.29 is 13.2 Å². The van der Waals surface area contributed by atoms with Gasteiger partial charge in [0, 0.05) is 13.1 Å². The number of carbonyl (C=O) groups excluding carboxylic acids is 1. The Bertz CT molecular complexity index is 781. The minimum Gasteiger partial charge on any atom is -0.337 e. The Morgan fingerprint density at radius 3 is 2.64 bits per heavy atom. The highest BCUT2D eigenvalue weighted by Crippen LogP contribution is 2.26. The van der Waals surface area contributed by atoms with E-state index in [1.807, 2.05) is 18.4 Å². The number of nitrogens with zero attached hydrogens (tertiary/aromatic N) is 1. The topological polar surface area (TPSA) is 54.5 Å². The Morgan fingerprint density at radius 1 is 1.27 bits per heavy atom. The van der Waals surface area contributed by atoms with Gasteiger partial charge in [-0.2, -0.15) is 0 Å². The number of amides is 1. The van der Waals surface area contributed by atoms with Gasteiger partial charge in [0.25, 0.3) is 5.91 Å². The highest BCUT2D eigenvalue weighted by molar-refractivity contribution is 7.92. The maximum absolute atomic E-state index is 12.6. The van der Waals surface area contributed by atoms with E-state index in [0.717, 1.165) is 5.56 Å². The van der Waals surface area contributed by atoms with E-state index in [9.17, 15) is 13.2 Å². The number of thiophene rings is 1. The molecule has 1 aliphatic rings. The zero-order valence-electron chi connectivity index (χ0n) is 12.2. The normalized spacial score (nSPS) is 18.6. The highest BCUT2D eigenvalue weighted by Gasteiger charge is 2.36. The van der Waals surface area contributed by atoms with E-state index in [1.165, 1.54) is 11.3 Å². The van der Waals surface area contributed by atoms with Crippen LogP contribution in [-0.4, -0.2) is 37.6 Å². The molecule has 1 aliphatic heterocycles. The number of likely N-dealkylation sites (tertiary alicyclic amines) is 1. The molecule has 2 heterocycles. The molecular formula is C16H17NO3S2. The molecule has 1 atom stereocenters. The van der Waals surface area contributed by atoms with Gasteiger partial charge in [-0.3, -0.25) is 4.79 Å². The molecule has 1 saturated heterocycles. The lowest BCUT2D eigenvalue weighted by Gasteiger charge is -2.16. The predicted molar refractivity (Wildman–Crippen MR) is 87.0 cm³/mol. The SMILES string of the molecule is Cc1csc(C(=O)N2CC[C@@H](S(=O)(=O)c3ccccc3)C2)c1. The smallest absolute Gasteiger partial charge is 0.263 e. The number of carbonyl (C=O) groups is 1. The summed E-state index contributed by atoms with van der Waals surface area (Å²) >= 11 is 1.41. The van der Waals surface area contributed by atoms with Gasteiger partial charge in [0.05, 0.1) is 15.0 Å². The second-order valence-electron chi connectivity index (χ2n) is 5.51. The molecule has 0 N–H and O–H groups in total. The van der Waals surface area contributed by atoms with E-state index < -0.39 is 15.1 Å². The fourth-order valence-corrected chi connectivity index (χ4v) is 5.25. The predicted octanol–water partition coefficient (Wildman–Crippen LogP) is 2.74. The number of hydrogen-bond acceptors (Lipinski definition) is 4. The van der Waals surface area contributed by atoms with Crippen molar-refractivity contribution in [2.45, 2.75) is 23.5 Å². The van der Waals surface area contributed by atoms with Crippen LogP contribution in [0.3, 0.4) is 0 Å². The maximum Gasteiger partial charge on any atom is 0.263 e. The third-order valence-electron chi connectivity index (χ3n) is 3.88. The first-order valence-corrected chi connectivity index (χ1v) is 9.54. The van der Waals surface area contributed by atoms with Crippen LogP contribution in [0.25, 0.3) is 0 Å². The number of rotatable bonds is 3. The maximum atomic E-state index is 12.6. The first kappa shape index (κ1) is 15.2. The third kappa shape index (κ3) is 2.80. The molecule has 6 heteroatoms. The summed E-state index contributed by atoms with van der Waals surface area (Å²) < 4.78 is 25.2. The van der Waals surface area contributed by atoms with Gasteiger partial charge < -0.3 is 4.90 Å². The molecule has 3 rings (SSSR count). The zero-order chi connectivity index (χ0) is 15.7. The largest absolute Gasteiger partial charge is 0.337 e. The van der Waals surface area contributed by atoms with Crippen molar-refractivity contribution in [1.82, 2.24) is 4.90 Å². The molecule has 4 nitrogen and oxygen atoms in total. The average molecular weight is 335 g/mol. The summed E-state index contributed by atoms with van der Waals surface area (Å²) in [6, 6.07) is 10.3. The molecule has 0 bridgehead atoms. The molecule has 1 aromatic carbocycles. The van der Waals surface area contributed by atoms with Crippen LogP contribution in [0, 0.1) is 6.92 Å². The number of sulfone groups is 1. The molecule has 22 heavy (non-hydrogen) atoms. The molecule has 1 aromatic heterocycles. The molecule has 0 radical (unpaired) electrons. The average Bonchev–Trinajstić information content (AvgIpc) is 3.17. The molecule has 1 fully saturated rings. The zero-order valence-corrected chi connectivity index (χ0v) is 13.9. The van der Waals surface area contributed by atoms with E-state index in [0.29, 0.717) is 22.7 Å². The molecule has 0 saturated carbocycles. The van der Waals surface area contributed by atoms with Crippen molar-refractivity contribution >= 4 is 27.1 Å². The number of aryl methyl sites for hydroxylation is 1. The fraction of sp³-hybridized carbons (Fsp3) is 0.312. The van der Waals surface area contributed by atoms with Crippen LogP contribution in [0.15, 0.2) is 46.7 Å². The van der Waals surface area contributed by atoms with E-state index in [-0.39, 0.29) is 12.5 Å². The van der Waals surface area contributed by atoms with Gasteiger partial charge in [-0.05, 0) is 42.5 Å². The van der Waals surface area contributed by atoms with Gasteiger partial charge in [-0.1, -0.05) is 18.2 Å². The molecule has 0 spiro atoms. The number of hydrogen-bond donors (Lipinski definition) is 0. The summed E-state index contributed by atoms with van der Waals surface area (Å²) in [7, 11) is -3.37. The molecular weight excluding hydrogens is 318 g/mol. The molecule has 0 aliphatic carbocycles. The second-order valence-corrected chi connectivity index (χ2v) is 8.65. The summed E-state index contributed by atoms with van der Waals surface area (Å²) in [5.74, 6) is -0.0659. The van der Waals surface area contributed by atoms with Crippen LogP contribution in [0.2, 0.25) is 0 Å². The van der Waals surface area contributed by atoms with Gasteiger partial charge in [0.15, 0.2) is 9.84 Å². The second kappa shape index (κ2) is 5.85. The summed E-state index contributed by atoms with van der Waals surface area (Å²) in [4.78, 5) is 15.1. The van der Waals surface area contributed by atoms with Crippen LogP contribution >= 0.6 is 11.3 Å². The van der Waals surface area contributed by atoms with Crippen LogP contribution in [0.5, 0.6) is 0 Å². The molecule has 0 unspecified atom stereocenters. The van der Waals surface area contributed by atoms with Gasteiger partial charge in [0.1, 0.15) is 0 Å². The van der Waals surface area contributed by atoms with Crippen molar-refractivity contribution in [3.63, 3.8) is 0 Å². The monoisotopic (exact) mass is 335 g/mol. The standard InChI is InChI=1S/C16H17NO3S2/c1-12-9-15(21-11-12)16(18)17-8-7-14(10-17)22(19,20)13-5-3-2-4-6-13/h2-6,9,11,14H,7-8,10H2,1H3/t14-/m1/s1. The van der Waals surface area contributed by atoms with Crippen molar-refractivity contribution in [1.29, 1.82) is 0 Å². The van der Waals surface area contributed by atoms with E-state index in [1.54, 1.807) is 35.2 Å². The summed E-state index contributed by atoms with van der Waals surface area (Å²) in [6.07, 6.45) is 0.493. The van der Waals surface area contributed by atoms with Crippen LogP contribution in [0.1, 0.15) is 21.7 Å². The van der Waals surface area contributed by atoms with Crippen molar-refractivity contribution in [3.8, 4) is 0 Å². The number of benzene rings is 1. The van der Waals surface area contributed by atoms with Gasteiger partial charge in [-0.25, -0.2) is 8.42 Å². The quantitative estimate of drug-likeness (QED) is 0.867. The molecule has 116 valence electrons. The van der Waals surface area contributed by atoms with Crippen molar-refractivity contribution in [2.24, 2.45) is 0 Å². The van der Waals surface area contributed by atoms with Crippen molar-refractivity contribution in [3.05, 3.63) is 52.2 Å². The lowest BCUT2D eigenvalue weighted by Crippen LogP contribution is -2.31. The van der Waals surface area contributed by atoms with Crippen molar-refractivity contribution in [2.75, 3.05) is 13.1 Å². The van der Waals surface area contributed by atoms with E-state index >= 15 is 0 Å². The third-order valence-corrected chi connectivity index (χ3v) is 7.11. The molecule has 1 amide bonds. The Labute approximate surface area is 134 Å². The van der Waals surface area contributed by atoms with E-state index in [2.05, 4.69) is 0 Å². The summed E-state index contributed by atoms with van der Waals surface area (Å²) in [5.41, 5.74) is 1.06. The van der Waals surface area contributed by atoms with Gasteiger partial charge in [0.2, 0.25) is 0 Å². The molecule has 2 aromatic rings. The van der Waals surface area contributed by atoms with Gasteiger partial charge >= 0.3 is 0 Å². The van der Waals surface area contributed by atoms with Gasteiger partial charge in [-0.15, -0.1) is 11.3 Å². The Balaban J connectivity index is 1.76.